The molecule has 1 saturated carbocycles. The monoisotopic (exact) mass is 700 g/mol. The third-order valence-corrected chi connectivity index (χ3v) is 7.01. The summed E-state index contributed by atoms with van der Waals surface area (Å²) in [6.45, 7) is 0.542. The predicted molar refractivity (Wildman–Crippen MR) is 136 cm³/mol. The van der Waals surface area contributed by atoms with Gasteiger partial charge in [-0.3, -0.25) is 0 Å². The number of halogens is 14. The van der Waals surface area contributed by atoms with E-state index in [4.69, 9.17) is 5.26 Å². The Morgan fingerprint density at radius 3 is 1.12 bits per heavy atom. The molecule has 1 aliphatic carbocycles. The maximum atomic E-state index is 15.1. The number of hydrogen-bond donors (Lipinski definition) is 0. The van der Waals surface area contributed by atoms with E-state index in [2.05, 4.69) is 0 Å². The highest BCUT2D eigenvalue weighted by molar-refractivity contribution is 6.12. The second kappa shape index (κ2) is 12.1. The van der Waals surface area contributed by atoms with Crippen LogP contribution >= 0.6 is 0 Å². The first-order valence-corrected chi connectivity index (χ1v) is 12.5. The Morgan fingerprint density at radius 2 is 0.816 bits per heavy atom. The van der Waals surface area contributed by atoms with Gasteiger partial charge in [-0.1, -0.05) is 0 Å². The smallest absolute Gasteiger partial charge is 0.203 e. The lowest BCUT2D eigenvalue weighted by molar-refractivity contribution is -0.143. The van der Waals surface area contributed by atoms with Crippen LogP contribution in [0.3, 0.4) is 0 Å². The molecule has 49 heavy (non-hydrogen) atoms. The summed E-state index contributed by atoms with van der Waals surface area (Å²) in [7, 11) is 0. The van der Waals surface area contributed by atoms with E-state index in [9.17, 15) is 59.7 Å². The van der Waals surface area contributed by atoms with E-state index in [0.717, 1.165) is 24.3 Å². The summed E-state index contributed by atoms with van der Waals surface area (Å²) in [6.07, 6.45) is -11.1. The number of allylic oxidation sites excluding steroid dienone is 6. The summed E-state index contributed by atoms with van der Waals surface area (Å²) < 4.78 is 200. The molecule has 0 saturated heterocycles. The molecule has 4 nitrogen and oxygen atoms in total. The molecule has 0 radical (unpaired) electrons. The van der Waals surface area contributed by atoms with Crippen molar-refractivity contribution in [2.75, 3.05) is 0 Å². The molecule has 3 aromatic carbocycles. The molecule has 1 fully saturated rings. The van der Waals surface area contributed by atoms with Gasteiger partial charge in [0.05, 0.1) is 39.0 Å². The van der Waals surface area contributed by atoms with Crippen LogP contribution in [0, 0.1) is 98.8 Å². The first-order chi connectivity index (χ1) is 22.7. The fourth-order valence-corrected chi connectivity index (χ4v) is 4.69. The Labute approximate surface area is 263 Å². The number of alkyl halides is 6. The van der Waals surface area contributed by atoms with Crippen LogP contribution in [0.15, 0.2) is 34.9 Å². The van der Waals surface area contributed by atoms with E-state index < -0.39 is 131 Å². The summed E-state index contributed by atoms with van der Waals surface area (Å²) >= 11 is 0. The number of rotatable bonds is 3. The van der Waals surface area contributed by atoms with Crippen LogP contribution in [0.4, 0.5) is 61.5 Å². The van der Waals surface area contributed by atoms with Crippen LogP contribution in [0.5, 0.6) is 0 Å². The normalized spacial score (nSPS) is 15.9. The Morgan fingerprint density at radius 1 is 0.490 bits per heavy atom. The van der Waals surface area contributed by atoms with Crippen LogP contribution in [-0.2, 0) is 12.4 Å². The van der Waals surface area contributed by atoms with Gasteiger partial charge >= 0.3 is 12.4 Å². The highest BCUT2D eigenvalue weighted by Crippen LogP contribution is 2.57. The molecule has 0 heterocycles. The largest absolute Gasteiger partial charge is 0.416 e. The van der Waals surface area contributed by atoms with Gasteiger partial charge in [-0.25, -0.2) is 35.1 Å². The molecule has 248 valence electrons. The highest BCUT2D eigenvalue weighted by atomic mass is 19.4. The van der Waals surface area contributed by atoms with Gasteiger partial charge in [0.15, 0.2) is 46.5 Å². The summed E-state index contributed by atoms with van der Waals surface area (Å²) in [5, 5.41) is 38.5. The zero-order chi connectivity index (χ0) is 37.1. The van der Waals surface area contributed by atoms with Gasteiger partial charge < -0.3 is 0 Å². The van der Waals surface area contributed by atoms with Gasteiger partial charge in [0.2, 0.25) is 0 Å². The average Bonchev–Trinajstić information content (AvgIpc) is 3.75. The van der Waals surface area contributed by atoms with E-state index in [1.54, 1.807) is 0 Å². The lowest BCUT2D eigenvalue weighted by Crippen LogP contribution is -2.11. The van der Waals surface area contributed by atoms with Crippen molar-refractivity contribution in [3.63, 3.8) is 0 Å². The number of nitrogens with zero attached hydrogens (tertiary/aromatic N) is 4. The van der Waals surface area contributed by atoms with Crippen LogP contribution < -0.4 is 0 Å². The first-order valence-electron chi connectivity index (χ1n) is 12.5. The molecule has 4 rings (SSSR count). The number of benzene rings is 3. The molecule has 0 aliphatic heterocycles. The maximum Gasteiger partial charge on any atom is 0.416 e. The number of nitriles is 4. The molecule has 0 unspecified atom stereocenters. The van der Waals surface area contributed by atoms with E-state index in [1.807, 2.05) is 0 Å². The van der Waals surface area contributed by atoms with Crippen LogP contribution in [0.1, 0.15) is 38.9 Å². The summed E-state index contributed by atoms with van der Waals surface area (Å²) in [5.74, 6) is -18.7. The standard InChI is InChI=1S/C31H6F14N4/c1-9-22(32)26(36)20(27(37)23(9)33)14(6-47)18-17(13(5-46)10-2-11(30(40,41)42)4-12(3-10)31(43,44)45)19(18)15(7-48)21-28(38)24(34)16(8-49)25(35)29(21)39/h2-4H,1H3/b17-13?,18-14-,19-15+. The highest BCUT2D eigenvalue weighted by Gasteiger charge is 2.46. The second-order valence-corrected chi connectivity index (χ2v) is 9.75. The summed E-state index contributed by atoms with van der Waals surface area (Å²) in [5.41, 5.74) is -21.1. The molecule has 1 aliphatic rings. The second-order valence-electron chi connectivity index (χ2n) is 9.75. The van der Waals surface area contributed by atoms with Gasteiger partial charge in [-0.2, -0.15) is 47.4 Å². The van der Waals surface area contributed by atoms with Crippen LogP contribution in [-0.4, -0.2) is 0 Å². The third kappa shape index (κ3) is 5.72. The van der Waals surface area contributed by atoms with E-state index >= 15 is 17.6 Å². The quantitative estimate of drug-likeness (QED) is 0.155. The zero-order valence-corrected chi connectivity index (χ0v) is 23.3. The molecule has 0 aromatic heterocycles. The molecule has 0 atom stereocenters. The summed E-state index contributed by atoms with van der Waals surface area (Å²) in [4.78, 5) is 0. The number of hydrogen-bond acceptors (Lipinski definition) is 4. The van der Waals surface area contributed by atoms with Gasteiger partial charge in [0.25, 0.3) is 0 Å². The average molecular weight is 700 g/mol. The van der Waals surface area contributed by atoms with E-state index in [-0.39, 0.29) is 18.2 Å². The van der Waals surface area contributed by atoms with Crippen molar-refractivity contribution >= 4 is 16.7 Å². The Kier molecular flexibility index (Phi) is 8.85. The Hall–Kier alpha value is -6.14. The van der Waals surface area contributed by atoms with Crippen molar-refractivity contribution in [2.24, 2.45) is 0 Å². The molecule has 0 bridgehead atoms. The van der Waals surface area contributed by atoms with E-state index in [0.29, 0.717) is 6.92 Å². The van der Waals surface area contributed by atoms with E-state index in [1.165, 1.54) is 0 Å². The lowest BCUT2D eigenvalue weighted by atomic mass is 9.97. The third-order valence-electron chi connectivity index (χ3n) is 7.01. The minimum Gasteiger partial charge on any atom is -0.203 e. The summed E-state index contributed by atoms with van der Waals surface area (Å²) in [6, 6.07) is 3.43. The van der Waals surface area contributed by atoms with Gasteiger partial charge in [-0.15, -0.1) is 0 Å². The van der Waals surface area contributed by atoms with Crippen molar-refractivity contribution < 1.29 is 61.5 Å². The van der Waals surface area contributed by atoms with Crippen molar-refractivity contribution in [3.8, 4) is 24.3 Å². The van der Waals surface area contributed by atoms with Crippen molar-refractivity contribution in [3.05, 3.63) is 120 Å². The zero-order valence-electron chi connectivity index (χ0n) is 23.3. The van der Waals surface area contributed by atoms with Crippen LogP contribution in [0.2, 0.25) is 0 Å². The fraction of sp³-hybridized carbons (Fsp3) is 0.0968. The SMILES string of the molecule is Cc1c(F)c(F)c(/C(C#N)=C2/C(=C(C#N)c3cc(C(F)(F)F)cc(C(F)(F)F)c3)/C2=C(/C#N)c2c(F)c(F)c(C#N)c(F)c2F)c(F)c1F. The van der Waals surface area contributed by atoms with Gasteiger partial charge in [-0.05, 0) is 30.7 Å². The first kappa shape index (κ1) is 35.7. The molecule has 0 spiro atoms. The van der Waals surface area contributed by atoms with Crippen molar-refractivity contribution in [2.45, 2.75) is 19.3 Å². The molecule has 3 aromatic rings. The minimum absolute atomic E-state index is 0.0684. The van der Waals surface area contributed by atoms with Crippen molar-refractivity contribution in [1.82, 2.24) is 0 Å². The van der Waals surface area contributed by atoms with Crippen molar-refractivity contribution in [1.29, 1.82) is 21.0 Å². The lowest BCUT2D eigenvalue weighted by Gasteiger charge is -2.13. The van der Waals surface area contributed by atoms with Gasteiger partial charge in [0.1, 0.15) is 29.8 Å². The molecule has 0 N–H and O–H groups in total. The molecule has 0 amide bonds. The Bertz CT molecular complexity index is 2190. The Balaban J connectivity index is 2.33. The predicted octanol–water partition coefficient (Wildman–Crippen LogP) is 9.26. The maximum absolute atomic E-state index is 15.1. The van der Waals surface area contributed by atoms with Crippen LogP contribution in [0.25, 0.3) is 16.7 Å². The van der Waals surface area contributed by atoms with Gasteiger partial charge in [0, 0.05) is 22.3 Å². The minimum atomic E-state index is -5.54. The topological polar surface area (TPSA) is 95.2 Å². The fourth-order valence-electron chi connectivity index (χ4n) is 4.69. The molecular formula is C31H6F14N4. The molecule has 18 heteroatoms. The molecular weight excluding hydrogens is 694 g/mol.